The minimum Gasteiger partial charge on any atom is -0.364 e. The van der Waals surface area contributed by atoms with E-state index in [1.165, 1.54) is 13.2 Å². The van der Waals surface area contributed by atoms with Crippen molar-refractivity contribution in [3.63, 3.8) is 0 Å². The van der Waals surface area contributed by atoms with Crippen molar-refractivity contribution in [1.29, 1.82) is 5.26 Å². The maximum atomic E-state index is 12.5. The molecule has 0 aliphatic carbocycles. The first-order valence-corrected chi connectivity index (χ1v) is 5.49. The Morgan fingerprint density at radius 3 is 2.58 bits per heavy atom. The zero-order chi connectivity index (χ0) is 14.5. The van der Waals surface area contributed by atoms with Gasteiger partial charge in [0.1, 0.15) is 6.23 Å². The van der Waals surface area contributed by atoms with Crippen LogP contribution in [0.3, 0.4) is 0 Å². The normalized spacial score (nSPS) is 14.5. The van der Waals surface area contributed by atoms with Gasteiger partial charge in [0, 0.05) is 7.11 Å². The van der Waals surface area contributed by atoms with Crippen LogP contribution >= 0.6 is 0 Å². The Morgan fingerprint density at radius 2 is 2.05 bits per heavy atom. The van der Waals surface area contributed by atoms with Crippen LogP contribution in [0.4, 0.5) is 18.9 Å². The third-order valence-corrected chi connectivity index (χ3v) is 2.57. The summed E-state index contributed by atoms with van der Waals surface area (Å²) in [6.45, 7) is 1.02. The minimum atomic E-state index is -4.36. The van der Waals surface area contributed by atoms with Gasteiger partial charge in [-0.3, -0.25) is 0 Å². The van der Waals surface area contributed by atoms with Crippen molar-refractivity contribution in [3.8, 4) is 6.07 Å². The number of nitrogens with zero attached hydrogens (tertiary/aromatic N) is 1. The van der Waals surface area contributed by atoms with Crippen LogP contribution < -0.4 is 10.9 Å². The molecule has 0 saturated heterocycles. The summed E-state index contributed by atoms with van der Waals surface area (Å²) >= 11 is 0. The number of anilines is 1. The second-order valence-electron chi connectivity index (χ2n) is 3.95. The third kappa shape index (κ3) is 4.43. The molecule has 1 aromatic rings. The topological polar surface area (TPSA) is 57.1 Å². The summed E-state index contributed by atoms with van der Waals surface area (Å²) < 4.78 is 42.4. The molecule has 0 heterocycles. The minimum absolute atomic E-state index is 0.407. The first kappa shape index (κ1) is 15.3. The standard InChI is InChI=1S/C12H14F3N3O/c1-8(12(13,14)15)11(19-2)18-17-10-5-3-4-9(6-10)7-16/h3-6,8,11,17-18H,1-2H3/t8?,11-/m0/s1. The lowest BCUT2D eigenvalue weighted by molar-refractivity contribution is -0.201. The van der Waals surface area contributed by atoms with Crippen LogP contribution in [0.2, 0.25) is 0 Å². The molecule has 0 fully saturated rings. The molecule has 1 rings (SSSR count). The highest BCUT2D eigenvalue weighted by molar-refractivity contribution is 5.48. The van der Waals surface area contributed by atoms with Crippen molar-refractivity contribution < 1.29 is 17.9 Å². The number of hydrazine groups is 1. The molecule has 0 aliphatic heterocycles. The van der Waals surface area contributed by atoms with E-state index in [-0.39, 0.29) is 0 Å². The molecule has 104 valence electrons. The monoisotopic (exact) mass is 273 g/mol. The summed E-state index contributed by atoms with van der Waals surface area (Å²) in [4.78, 5) is 0. The number of nitrogens with one attached hydrogen (secondary N) is 2. The van der Waals surface area contributed by atoms with Crippen molar-refractivity contribution in [2.24, 2.45) is 5.92 Å². The van der Waals surface area contributed by atoms with E-state index < -0.39 is 18.3 Å². The fourth-order valence-corrected chi connectivity index (χ4v) is 1.38. The molecule has 0 amide bonds. The zero-order valence-corrected chi connectivity index (χ0v) is 10.5. The van der Waals surface area contributed by atoms with Gasteiger partial charge in [0.2, 0.25) is 0 Å². The predicted octanol–water partition coefficient (Wildman–Crippen LogP) is 2.65. The Labute approximate surface area is 109 Å². The van der Waals surface area contributed by atoms with Gasteiger partial charge in [0.15, 0.2) is 0 Å². The lowest BCUT2D eigenvalue weighted by atomic mass is 10.1. The quantitative estimate of drug-likeness (QED) is 0.639. The molecule has 2 atom stereocenters. The van der Waals surface area contributed by atoms with Gasteiger partial charge in [-0.2, -0.15) is 18.4 Å². The maximum Gasteiger partial charge on any atom is 0.395 e. The summed E-state index contributed by atoms with van der Waals surface area (Å²) in [5, 5.41) is 8.71. The van der Waals surface area contributed by atoms with Gasteiger partial charge >= 0.3 is 6.18 Å². The second-order valence-corrected chi connectivity index (χ2v) is 3.95. The number of methoxy groups -OCH3 is 1. The maximum absolute atomic E-state index is 12.5. The van der Waals surface area contributed by atoms with Gasteiger partial charge in [0.25, 0.3) is 0 Å². The van der Waals surface area contributed by atoms with Crippen LogP contribution in [-0.4, -0.2) is 19.5 Å². The molecule has 0 radical (unpaired) electrons. The summed E-state index contributed by atoms with van der Waals surface area (Å²) in [5.41, 5.74) is 5.93. The van der Waals surface area contributed by atoms with Crippen LogP contribution in [-0.2, 0) is 4.74 Å². The fourth-order valence-electron chi connectivity index (χ4n) is 1.38. The predicted molar refractivity (Wildman–Crippen MR) is 63.9 cm³/mol. The molecule has 7 heteroatoms. The molecule has 1 unspecified atom stereocenters. The lowest BCUT2D eigenvalue weighted by Gasteiger charge is -2.26. The largest absolute Gasteiger partial charge is 0.395 e. The summed E-state index contributed by atoms with van der Waals surface area (Å²) in [7, 11) is 1.19. The van der Waals surface area contributed by atoms with Gasteiger partial charge in [-0.05, 0) is 25.1 Å². The Kier molecular flexibility index (Phi) is 5.15. The van der Waals surface area contributed by atoms with Gasteiger partial charge in [0.05, 0.1) is 23.2 Å². The van der Waals surface area contributed by atoms with Gasteiger partial charge in [-0.1, -0.05) is 6.07 Å². The zero-order valence-electron chi connectivity index (χ0n) is 10.5. The Bertz CT molecular complexity index is 456. The first-order valence-electron chi connectivity index (χ1n) is 5.49. The molecule has 0 spiro atoms. The van der Waals surface area contributed by atoms with Crippen molar-refractivity contribution in [1.82, 2.24) is 5.43 Å². The fraction of sp³-hybridized carbons (Fsp3) is 0.417. The third-order valence-electron chi connectivity index (χ3n) is 2.57. The highest BCUT2D eigenvalue weighted by atomic mass is 19.4. The number of benzene rings is 1. The summed E-state index contributed by atoms with van der Waals surface area (Å²) in [5.74, 6) is -1.68. The number of hydrogen-bond acceptors (Lipinski definition) is 4. The number of halogens is 3. The van der Waals surface area contributed by atoms with E-state index >= 15 is 0 Å². The number of hydrogen-bond donors (Lipinski definition) is 2. The van der Waals surface area contributed by atoms with Crippen LogP contribution in [0, 0.1) is 17.2 Å². The van der Waals surface area contributed by atoms with E-state index in [0.29, 0.717) is 11.3 Å². The first-order chi connectivity index (χ1) is 8.88. The average molecular weight is 273 g/mol. The van der Waals surface area contributed by atoms with E-state index in [0.717, 1.165) is 6.92 Å². The molecule has 1 aromatic carbocycles. The summed E-state index contributed by atoms with van der Waals surface area (Å²) in [6, 6.07) is 8.29. The van der Waals surface area contributed by atoms with Crippen LogP contribution in [0.1, 0.15) is 12.5 Å². The van der Waals surface area contributed by atoms with Crippen molar-refractivity contribution in [2.75, 3.05) is 12.5 Å². The summed E-state index contributed by atoms with van der Waals surface area (Å²) in [6.07, 6.45) is -5.59. The molecule has 2 N–H and O–H groups in total. The molecular weight excluding hydrogens is 259 g/mol. The smallest absolute Gasteiger partial charge is 0.364 e. The van der Waals surface area contributed by atoms with Crippen molar-refractivity contribution >= 4 is 5.69 Å². The molecule has 4 nitrogen and oxygen atoms in total. The number of rotatable bonds is 5. The Hall–Kier alpha value is -1.78. The van der Waals surface area contributed by atoms with E-state index in [1.54, 1.807) is 18.2 Å². The molecular formula is C12H14F3N3O. The Balaban J connectivity index is 2.66. The molecule has 0 aromatic heterocycles. The van der Waals surface area contributed by atoms with Gasteiger partial charge < -0.3 is 10.2 Å². The second kappa shape index (κ2) is 6.41. The highest BCUT2D eigenvalue weighted by Gasteiger charge is 2.41. The molecule has 0 bridgehead atoms. The van der Waals surface area contributed by atoms with Crippen LogP contribution in [0.15, 0.2) is 24.3 Å². The molecule has 0 aliphatic rings. The van der Waals surface area contributed by atoms with Gasteiger partial charge in [-0.25, -0.2) is 5.43 Å². The van der Waals surface area contributed by atoms with Crippen LogP contribution in [0.25, 0.3) is 0 Å². The number of ether oxygens (including phenoxy) is 1. The molecule has 19 heavy (non-hydrogen) atoms. The Morgan fingerprint density at radius 1 is 1.37 bits per heavy atom. The van der Waals surface area contributed by atoms with Gasteiger partial charge in [-0.15, -0.1) is 0 Å². The van der Waals surface area contributed by atoms with E-state index in [4.69, 9.17) is 10.00 Å². The van der Waals surface area contributed by atoms with Crippen molar-refractivity contribution in [2.45, 2.75) is 19.3 Å². The lowest BCUT2D eigenvalue weighted by Crippen LogP contribution is -2.45. The number of nitriles is 1. The van der Waals surface area contributed by atoms with E-state index in [1.807, 2.05) is 6.07 Å². The highest BCUT2D eigenvalue weighted by Crippen LogP contribution is 2.28. The van der Waals surface area contributed by atoms with E-state index in [9.17, 15) is 13.2 Å². The van der Waals surface area contributed by atoms with Crippen LogP contribution in [0.5, 0.6) is 0 Å². The van der Waals surface area contributed by atoms with E-state index in [2.05, 4.69) is 10.9 Å². The molecule has 0 saturated carbocycles. The number of alkyl halides is 3. The SMILES string of the molecule is CO[C@H](NNc1cccc(C#N)c1)C(C)C(F)(F)F. The van der Waals surface area contributed by atoms with Crippen molar-refractivity contribution in [3.05, 3.63) is 29.8 Å². The average Bonchev–Trinajstić information content (AvgIpc) is 2.38.